The fourth-order valence-corrected chi connectivity index (χ4v) is 1.45. The summed E-state index contributed by atoms with van der Waals surface area (Å²) in [4.78, 5) is 12.3. The van der Waals surface area contributed by atoms with E-state index in [2.05, 4.69) is 25.4 Å². The molecule has 0 atom stereocenters. The van der Waals surface area contributed by atoms with E-state index in [0.717, 1.165) is 19.4 Å². The standard InChI is InChI=1S/C11H15N5O2/c1-12-5-3-4-9-15-11(16-18-9)8-6-10(17-2)14-7-13-8/h6-7,12H,3-5H2,1-2H3. The zero-order valence-electron chi connectivity index (χ0n) is 10.4. The predicted octanol–water partition coefficient (Wildman–Crippen LogP) is 0.687. The molecule has 96 valence electrons. The maximum absolute atomic E-state index is 5.15. The van der Waals surface area contributed by atoms with Crippen LogP contribution < -0.4 is 10.1 Å². The van der Waals surface area contributed by atoms with Crippen molar-refractivity contribution in [3.63, 3.8) is 0 Å². The lowest BCUT2D eigenvalue weighted by Crippen LogP contribution is -2.08. The first-order valence-corrected chi connectivity index (χ1v) is 5.67. The van der Waals surface area contributed by atoms with Crippen LogP contribution in [0.3, 0.4) is 0 Å². The zero-order chi connectivity index (χ0) is 12.8. The van der Waals surface area contributed by atoms with Crippen LogP contribution in [0.5, 0.6) is 5.88 Å². The second-order valence-corrected chi connectivity index (χ2v) is 3.66. The van der Waals surface area contributed by atoms with Crippen molar-refractivity contribution in [2.75, 3.05) is 20.7 Å². The van der Waals surface area contributed by atoms with Gasteiger partial charge in [-0.3, -0.25) is 0 Å². The molecule has 0 spiro atoms. The Morgan fingerprint density at radius 3 is 3.06 bits per heavy atom. The molecule has 0 amide bonds. The highest BCUT2D eigenvalue weighted by molar-refractivity contribution is 5.48. The average Bonchev–Trinajstić information content (AvgIpc) is 2.88. The van der Waals surface area contributed by atoms with Gasteiger partial charge in [0.15, 0.2) is 0 Å². The van der Waals surface area contributed by atoms with Crippen molar-refractivity contribution in [3.8, 4) is 17.4 Å². The van der Waals surface area contributed by atoms with Crippen LogP contribution in [0.1, 0.15) is 12.3 Å². The summed E-state index contributed by atoms with van der Waals surface area (Å²) in [6.45, 7) is 0.916. The Morgan fingerprint density at radius 1 is 1.39 bits per heavy atom. The Labute approximate surface area is 105 Å². The van der Waals surface area contributed by atoms with Gasteiger partial charge in [0.05, 0.1) is 7.11 Å². The Morgan fingerprint density at radius 2 is 2.28 bits per heavy atom. The SMILES string of the molecule is CNCCCc1nc(-c2cc(OC)ncn2)no1. The minimum Gasteiger partial charge on any atom is -0.481 e. The molecule has 0 saturated carbocycles. The van der Waals surface area contributed by atoms with E-state index in [1.807, 2.05) is 7.05 Å². The van der Waals surface area contributed by atoms with Crippen LogP contribution in [0.2, 0.25) is 0 Å². The van der Waals surface area contributed by atoms with Gasteiger partial charge in [-0.15, -0.1) is 0 Å². The molecule has 0 aliphatic carbocycles. The molecule has 0 aromatic carbocycles. The molecule has 0 bridgehead atoms. The molecular formula is C11H15N5O2. The van der Waals surface area contributed by atoms with E-state index in [1.54, 1.807) is 13.2 Å². The van der Waals surface area contributed by atoms with E-state index >= 15 is 0 Å². The van der Waals surface area contributed by atoms with E-state index in [4.69, 9.17) is 9.26 Å². The van der Waals surface area contributed by atoms with E-state index in [1.165, 1.54) is 6.33 Å². The van der Waals surface area contributed by atoms with Crippen molar-refractivity contribution in [1.82, 2.24) is 25.4 Å². The fourth-order valence-electron chi connectivity index (χ4n) is 1.45. The molecule has 0 saturated heterocycles. The molecule has 7 nitrogen and oxygen atoms in total. The van der Waals surface area contributed by atoms with Crippen LogP contribution >= 0.6 is 0 Å². The maximum Gasteiger partial charge on any atom is 0.227 e. The number of hydrogen-bond acceptors (Lipinski definition) is 7. The van der Waals surface area contributed by atoms with Gasteiger partial charge in [0, 0.05) is 12.5 Å². The molecule has 0 aliphatic rings. The number of ether oxygens (including phenoxy) is 1. The summed E-state index contributed by atoms with van der Waals surface area (Å²) in [6, 6.07) is 1.67. The van der Waals surface area contributed by atoms with Gasteiger partial charge in [0.1, 0.15) is 12.0 Å². The van der Waals surface area contributed by atoms with Gasteiger partial charge in [0.2, 0.25) is 17.6 Å². The number of rotatable bonds is 6. The lowest BCUT2D eigenvalue weighted by Gasteiger charge is -1.97. The summed E-state index contributed by atoms with van der Waals surface area (Å²) in [5.74, 6) is 1.54. The first-order valence-electron chi connectivity index (χ1n) is 5.67. The molecule has 0 aliphatic heterocycles. The van der Waals surface area contributed by atoms with Crippen molar-refractivity contribution >= 4 is 0 Å². The van der Waals surface area contributed by atoms with E-state index in [-0.39, 0.29) is 0 Å². The number of methoxy groups -OCH3 is 1. The van der Waals surface area contributed by atoms with Gasteiger partial charge in [-0.05, 0) is 20.0 Å². The highest BCUT2D eigenvalue weighted by atomic mass is 16.5. The molecule has 7 heteroatoms. The summed E-state index contributed by atoms with van der Waals surface area (Å²) in [5, 5.41) is 6.95. The van der Waals surface area contributed by atoms with Gasteiger partial charge in [-0.25, -0.2) is 9.97 Å². The Hall–Kier alpha value is -2.02. The molecular weight excluding hydrogens is 234 g/mol. The molecule has 2 rings (SSSR count). The molecule has 0 fully saturated rings. The van der Waals surface area contributed by atoms with Crippen molar-refractivity contribution in [1.29, 1.82) is 0 Å². The number of hydrogen-bond donors (Lipinski definition) is 1. The Bertz CT molecular complexity index is 500. The molecule has 1 N–H and O–H groups in total. The van der Waals surface area contributed by atoms with Crippen molar-refractivity contribution in [2.45, 2.75) is 12.8 Å². The van der Waals surface area contributed by atoms with Crippen LogP contribution in [0.4, 0.5) is 0 Å². The van der Waals surface area contributed by atoms with E-state index in [9.17, 15) is 0 Å². The highest BCUT2D eigenvalue weighted by Gasteiger charge is 2.10. The van der Waals surface area contributed by atoms with Gasteiger partial charge in [-0.1, -0.05) is 5.16 Å². The third-order valence-electron chi connectivity index (χ3n) is 2.37. The van der Waals surface area contributed by atoms with Gasteiger partial charge < -0.3 is 14.6 Å². The third kappa shape index (κ3) is 3.01. The Kier molecular flexibility index (Phi) is 4.19. The number of aromatic nitrogens is 4. The molecule has 2 aromatic rings. The minimum absolute atomic E-state index is 0.454. The number of nitrogens with one attached hydrogen (secondary N) is 1. The lowest BCUT2D eigenvalue weighted by atomic mass is 10.3. The van der Waals surface area contributed by atoms with Crippen molar-refractivity contribution in [3.05, 3.63) is 18.3 Å². The van der Waals surface area contributed by atoms with E-state index in [0.29, 0.717) is 23.3 Å². The minimum atomic E-state index is 0.454. The van der Waals surface area contributed by atoms with Crippen LogP contribution in [0.25, 0.3) is 11.5 Å². The quantitative estimate of drug-likeness (QED) is 0.753. The van der Waals surface area contributed by atoms with Crippen LogP contribution in [-0.4, -0.2) is 40.8 Å². The van der Waals surface area contributed by atoms with Crippen LogP contribution in [0, 0.1) is 0 Å². The van der Waals surface area contributed by atoms with Crippen molar-refractivity contribution < 1.29 is 9.26 Å². The molecule has 0 radical (unpaired) electrons. The summed E-state index contributed by atoms with van der Waals surface area (Å²) >= 11 is 0. The summed E-state index contributed by atoms with van der Waals surface area (Å²) in [7, 11) is 3.46. The predicted molar refractivity (Wildman–Crippen MR) is 64.1 cm³/mol. The molecule has 2 aromatic heterocycles. The third-order valence-corrected chi connectivity index (χ3v) is 2.37. The first-order chi connectivity index (χ1) is 8.83. The smallest absolute Gasteiger partial charge is 0.227 e. The van der Waals surface area contributed by atoms with Gasteiger partial charge >= 0.3 is 0 Å². The number of aryl methyl sites for hydroxylation is 1. The molecule has 0 unspecified atom stereocenters. The topological polar surface area (TPSA) is 86.0 Å². The maximum atomic E-state index is 5.15. The van der Waals surface area contributed by atoms with Gasteiger partial charge in [-0.2, -0.15) is 4.98 Å². The van der Waals surface area contributed by atoms with E-state index < -0.39 is 0 Å². The highest BCUT2D eigenvalue weighted by Crippen LogP contribution is 2.16. The van der Waals surface area contributed by atoms with Crippen LogP contribution in [0.15, 0.2) is 16.9 Å². The monoisotopic (exact) mass is 249 g/mol. The normalized spacial score (nSPS) is 10.6. The van der Waals surface area contributed by atoms with Gasteiger partial charge in [0.25, 0.3) is 0 Å². The lowest BCUT2D eigenvalue weighted by molar-refractivity contribution is 0.375. The average molecular weight is 249 g/mol. The second-order valence-electron chi connectivity index (χ2n) is 3.66. The summed E-state index contributed by atoms with van der Waals surface area (Å²) in [5.41, 5.74) is 0.588. The Balaban J connectivity index is 2.08. The first kappa shape index (κ1) is 12.4. The largest absolute Gasteiger partial charge is 0.481 e. The molecule has 18 heavy (non-hydrogen) atoms. The molecule has 2 heterocycles. The fraction of sp³-hybridized carbons (Fsp3) is 0.455. The number of nitrogens with zero attached hydrogens (tertiary/aromatic N) is 4. The second kappa shape index (κ2) is 6.06. The zero-order valence-corrected chi connectivity index (χ0v) is 10.4. The summed E-state index contributed by atoms with van der Waals surface area (Å²) < 4.78 is 10.2. The summed E-state index contributed by atoms with van der Waals surface area (Å²) in [6.07, 6.45) is 3.10. The van der Waals surface area contributed by atoms with Crippen molar-refractivity contribution in [2.24, 2.45) is 0 Å². The van der Waals surface area contributed by atoms with Crippen LogP contribution in [-0.2, 0) is 6.42 Å².